The van der Waals surface area contributed by atoms with Crippen LogP contribution in [0, 0.1) is 5.82 Å². The molecule has 2 aromatic heterocycles. The van der Waals surface area contributed by atoms with E-state index in [1.165, 1.54) is 25.3 Å². The fourth-order valence-corrected chi connectivity index (χ4v) is 2.77. The third-order valence-electron chi connectivity index (χ3n) is 4.21. The number of carbonyl (C=O) groups excluding carboxylic acids is 1. The maximum atomic E-state index is 13.5. The molecule has 0 N–H and O–H groups in total. The van der Waals surface area contributed by atoms with Crippen LogP contribution in [0.2, 0.25) is 0 Å². The van der Waals surface area contributed by atoms with E-state index in [0.717, 1.165) is 18.5 Å². The molecule has 0 aliphatic rings. The molecule has 0 atom stereocenters. The molecule has 2 heterocycles. The lowest BCUT2D eigenvalue weighted by Gasteiger charge is -2.14. The van der Waals surface area contributed by atoms with Crippen molar-refractivity contribution in [3.63, 3.8) is 0 Å². The standard InChI is InChI=1S/C21H12F7N3O/c1-11(32)18(13-6-16(22)10-29-9-13)8-17-2-3-30-19(31-17)12-4-14(20(23,24)25)7-15(5-12)21(26,27)28/h2-10H,1H3/b18-8-. The van der Waals surface area contributed by atoms with E-state index in [9.17, 15) is 35.5 Å². The molecule has 0 saturated heterocycles. The topological polar surface area (TPSA) is 55.7 Å². The number of Topliss-reactive ketones (excluding diaryl/α,β-unsaturated/α-hetero) is 1. The minimum absolute atomic E-state index is 0.00193. The molecule has 4 nitrogen and oxygen atoms in total. The van der Waals surface area contributed by atoms with Crippen LogP contribution in [0.5, 0.6) is 0 Å². The molecule has 3 rings (SSSR count). The molecule has 11 heteroatoms. The minimum atomic E-state index is -5.03. The zero-order valence-electron chi connectivity index (χ0n) is 16.1. The first-order valence-corrected chi connectivity index (χ1v) is 8.81. The number of hydrogen-bond acceptors (Lipinski definition) is 4. The number of pyridine rings is 1. The molecule has 0 aliphatic carbocycles. The summed E-state index contributed by atoms with van der Waals surface area (Å²) < 4.78 is 92.2. The van der Waals surface area contributed by atoms with Crippen LogP contribution in [0.3, 0.4) is 0 Å². The second-order valence-corrected chi connectivity index (χ2v) is 6.61. The van der Waals surface area contributed by atoms with Crippen molar-refractivity contribution in [1.29, 1.82) is 0 Å². The third kappa shape index (κ3) is 5.34. The van der Waals surface area contributed by atoms with E-state index in [0.29, 0.717) is 12.1 Å². The number of alkyl halides is 6. The zero-order chi connectivity index (χ0) is 23.7. The summed E-state index contributed by atoms with van der Waals surface area (Å²) in [5.41, 5.74) is -3.42. The van der Waals surface area contributed by atoms with Gasteiger partial charge in [0.2, 0.25) is 0 Å². The van der Waals surface area contributed by atoms with Crippen molar-refractivity contribution in [3.05, 3.63) is 77.1 Å². The van der Waals surface area contributed by atoms with Crippen LogP contribution >= 0.6 is 0 Å². The summed E-state index contributed by atoms with van der Waals surface area (Å²) in [5, 5.41) is 0. The Morgan fingerprint density at radius 2 is 1.56 bits per heavy atom. The number of halogens is 7. The monoisotopic (exact) mass is 455 g/mol. The van der Waals surface area contributed by atoms with Crippen LogP contribution < -0.4 is 0 Å². The van der Waals surface area contributed by atoms with E-state index in [4.69, 9.17) is 0 Å². The number of hydrogen-bond donors (Lipinski definition) is 0. The first kappa shape index (κ1) is 23.0. The first-order valence-electron chi connectivity index (χ1n) is 8.81. The summed E-state index contributed by atoms with van der Waals surface area (Å²) >= 11 is 0. The maximum Gasteiger partial charge on any atom is 0.416 e. The molecule has 0 spiro atoms. The summed E-state index contributed by atoms with van der Waals surface area (Å²) in [7, 11) is 0. The van der Waals surface area contributed by atoms with Crippen LogP contribution in [0.4, 0.5) is 30.7 Å². The van der Waals surface area contributed by atoms with Gasteiger partial charge in [-0.15, -0.1) is 0 Å². The number of nitrogens with zero attached hydrogens (tertiary/aromatic N) is 3. The van der Waals surface area contributed by atoms with E-state index in [-0.39, 0.29) is 22.9 Å². The Labute approximate surface area is 176 Å². The maximum absolute atomic E-state index is 13.5. The van der Waals surface area contributed by atoms with Crippen molar-refractivity contribution in [3.8, 4) is 11.4 Å². The van der Waals surface area contributed by atoms with E-state index >= 15 is 0 Å². The predicted molar refractivity (Wildman–Crippen MR) is 100 cm³/mol. The van der Waals surface area contributed by atoms with Crippen molar-refractivity contribution in [2.75, 3.05) is 0 Å². The fourth-order valence-electron chi connectivity index (χ4n) is 2.77. The van der Waals surface area contributed by atoms with Crippen LogP contribution in [0.25, 0.3) is 23.0 Å². The number of aromatic nitrogens is 3. The van der Waals surface area contributed by atoms with Crippen molar-refractivity contribution in [2.24, 2.45) is 0 Å². The summed E-state index contributed by atoms with van der Waals surface area (Å²) in [5.74, 6) is -1.62. The third-order valence-corrected chi connectivity index (χ3v) is 4.21. The number of carbonyl (C=O) groups is 1. The van der Waals surface area contributed by atoms with Crippen LogP contribution in [-0.2, 0) is 17.1 Å². The fraction of sp³-hybridized carbons (Fsp3) is 0.143. The highest BCUT2D eigenvalue weighted by Gasteiger charge is 2.37. The zero-order valence-corrected chi connectivity index (χ0v) is 16.1. The molecule has 166 valence electrons. The Hall–Kier alpha value is -3.63. The van der Waals surface area contributed by atoms with Gasteiger partial charge in [-0.3, -0.25) is 9.78 Å². The Balaban J connectivity index is 2.13. The molecule has 0 unspecified atom stereocenters. The molecular weight excluding hydrogens is 443 g/mol. The quantitative estimate of drug-likeness (QED) is 0.366. The van der Waals surface area contributed by atoms with Crippen molar-refractivity contribution < 1.29 is 35.5 Å². The van der Waals surface area contributed by atoms with Crippen LogP contribution in [0.1, 0.15) is 29.3 Å². The largest absolute Gasteiger partial charge is 0.416 e. The molecular formula is C21H12F7N3O. The molecule has 0 aliphatic heterocycles. The van der Waals surface area contributed by atoms with Crippen LogP contribution in [-0.4, -0.2) is 20.7 Å². The molecule has 32 heavy (non-hydrogen) atoms. The molecule has 0 amide bonds. The average Bonchev–Trinajstić information content (AvgIpc) is 2.70. The van der Waals surface area contributed by atoms with Gasteiger partial charge in [-0.25, -0.2) is 14.4 Å². The number of allylic oxidation sites excluding steroid dienone is 1. The van der Waals surface area contributed by atoms with Gasteiger partial charge in [0.15, 0.2) is 11.6 Å². The van der Waals surface area contributed by atoms with Gasteiger partial charge in [0.05, 0.1) is 23.0 Å². The Morgan fingerprint density at radius 3 is 2.09 bits per heavy atom. The second kappa shape index (κ2) is 8.48. The smallest absolute Gasteiger partial charge is 0.294 e. The van der Waals surface area contributed by atoms with E-state index in [1.54, 1.807) is 0 Å². The molecule has 3 aromatic rings. The molecule has 0 saturated carbocycles. The lowest BCUT2D eigenvalue weighted by Crippen LogP contribution is -2.11. The van der Waals surface area contributed by atoms with Gasteiger partial charge in [-0.2, -0.15) is 26.3 Å². The van der Waals surface area contributed by atoms with Crippen LogP contribution in [0.15, 0.2) is 48.9 Å². The average molecular weight is 455 g/mol. The molecule has 0 radical (unpaired) electrons. The van der Waals surface area contributed by atoms with Gasteiger partial charge < -0.3 is 0 Å². The van der Waals surface area contributed by atoms with Gasteiger partial charge in [0.1, 0.15) is 5.82 Å². The lowest BCUT2D eigenvalue weighted by molar-refractivity contribution is -0.143. The predicted octanol–water partition coefficient (Wildman–Crippen LogP) is 5.84. The van der Waals surface area contributed by atoms with Gasteiger partial charge in [0, 0.05) is 29.1 Å². The SMILES string of the molecule is CC(=O)/C(=C/c1ccnc(-c2cc(C(F)(F)F)cc(C(F)(F)F)c2)n1)c1cncc(F)c1. The van der Waals surface area contributed by atoms with Gasteiger partial charge in [0.25, 0.3) is 0 Å². The van der Waals surface area contributed by atoms with Crippen molar-refractivity contribution in [2.45, 2.75) is 19.3 Å². The normalized spacial score (nSPS) is 12.7. The van der Waals surface area contributed by atoms with Crippen molar-refractivity contribution in [1.82, 2.24) is 15.0 Å². The summed E-state index contributed by atoms with van der Waals surface area (Å²) in [6.45, 7) is 1.20. The Kier molecular flexibility index (Phi) is 6.11. The highest BCUT2D eigenvalue weighted by Crippen LogP contribution is 2.38. The Bertz CT molecular complexity index is 1170. The number of benzene rings is 1. The summed E-state index contributed by atoms with van der Waals surface area (Å²) in [6.07, 6.45) is -5.58. The van der Waals surface area contributed by atoms with Gasteiger partial charge in [-0.05, 0) is 43.3 Å². The summed E-state index contributed by atoms with van der Waals surface area (Å²) in [4.78, 5) is 23.4. The Morgan fingerprint density at radius 1 is 0.938 bits per heavy atom. The van der Waals surface area contributed by atoms with Crippen molar-refractivity contribution >= 4 is 17.4 Å². The first-order chi connectivity index (χ1) is 14.8. The summed E-state index contributed by atoms with van der Waals surface area (Å²) in [6, 6.07) is 3.33. The second-order valence-electron chi connectivity index (χ2n) is 6.61. The molecule has 0 bridgehead atoms. The number of ketones is 1. The van der Waals surface area contributed by atoms with E-state index in [2.05, 4.69) is 15.0 Å². The van der Waals surface area contributed by atoms with E-state index < -0.39 is 46.5 Å². The van der Waals surface area contributed by atoms with Gasteiger partial charge >= 0.3 is 12.4 Å². The number of rotatable bonds is 4. The highest BCUT2D eigenvalue weighted by atomic mass is 19.4. The van der Waals surface area contributed by atoms with Gasteiger partial charge in [-0.1, -0.05) is 0 Å². The minimum Gasteiger partial charge on any atom is -0.294 e. The van der Waals surface area contributed by atoms with E-state index in [1.807, 2.05) is 0 Å². The molecule has 1 aromatic carbocycles. The molecule has 0 fully saturated rings. The highest BCUT2D eigenvalue weighted by molar-refractivity contribution is 6.24. The lowest BCUT2D eigenvalue weighted by atomic mass is 10.0.